The molecule has 0 heterocycles. The molecule has 0 bridgehead atoms. The molecule has 0 spiro atoms. The summed E-state index contributed by atoms with van der Waals surface area (Å²) >= 11 is 0. The molecular weight excluding hydrogens is 270 g/mol. The van der Waals surface area contributed by atoms with Crippen LogP contribution in [0.3, 0.4) is 0 Å². The van der Waals surface area contributed by atoms with E-state index < -0.39 is 23.5 Å². The van der Waals surface area contributed by atoms with E-state index in [4.69, 9.17) is 9.47 Å². The fraction of sp³-hybridized carbons (Fsp3) is 0.333. The summed E-state index contributed by atoms with van der Waals surface area (Å²) in [5.41, 5.74) is -0.108. The maximum absolute atomic E-state index is 11.3. The molecule has 0 aromatic heterocycles. The average Bonchev–Trinajstić information content (AvgIpc) is 2.39. The first kappa shape index (κ1) is 15.6. The molecule has 0 amide bonds. The van der Waals surface area contributed by atoms with Gasteiger partial charge < -0.3 is 14.2 Å². The molecule has 1 aromatic carbocycles. The minimum Gasteiger partial charge on any atom is -0.464 e. The van der Waals surface area contributed by atoms with E-state index in [0.29, 0.717) is 0 Å². The zero-order valence-corrected chi connectivity index (χ0v) is 10.7. The molecule has 0 saturated heterocycles. The van der Waals surface area contributed by atoms with Crippen molar-refractivity contribution in [3.05, 3.63) is 34.4 Å². The van der Waals surface area contributed by atoms with Crippen molar-refractivity contribution >= 4 is 17.6 Å². The Morgan fingerprint density at radius 1 is 1.15 bits per heavy atom. The van der Waals surface area contributed by atoms with Crippen LogP contribution in [0.25, 0.3) is 0 Å². The largest absolute Gasteiger partial charge is 0.464 e. The molecule has 1 aromatic rings. The lowest BCUT2D eigenvalue weighted by Gasteiger charge is -2.05. The number of non-ortho nitro benzene ring substituents is 1. The number of benzene rings is 1. The van der Waals surface area contributed by atoms with Crippen molar-refractivity contribution in [1.29, 1.82) is 0 Å². The molecule has 8 nitrogen and oxygen atoms in total. The number of nitro groups is 1. The van der Waals surface area contributed by atoms with Crippen LogP contribution >= 0.6 is 0 Å². The zero-order valence-electron chi connectivity index (χ0n) is 10.7. The number of carbonyl (C=O) groups is 2. The predicted molar refractivity (Wildman–Crippen MR) is 66.2 cm³/mol. The van der Waals surface area contributed by atoms with Crippen molar-refractivity contribution < 1.29 is 28.7 Å². The minimum absolute atomic E-state index is 0.108. The van der Waals surface area contributed by atoms with Crippen molar-refractivity contribution in [1.82, 2.24) is 0 Å². The Hall–Kier alpha value is -2.48. The van der Waals surface area contributed by atoms with Crippen LogP contribution in [0.1, 0.15) is 6.92 Å². The van der Waals surface area contributed by atoms with Gasteiger partial charge in [-0.2, -0.15) is 0 Å². The summed E-state index contributed by atoms with van der Waals surface area (Å²) in [7, 11) is 0. The molecule has 0 aliphatic rings. The van der Waals surface area contributed by atoms with Gasteiger partial charge in [-0.1, -0.05) is 0 Å². The number of rotatable bonds is 7. The summed E-state index contributed by atoms with van der Waals surface area (Å²) in [5, 5.41) is 10.4. The highest BCUT2D eigenvalue weighted by Crippen LogP contribution is 2.17. The number of nitrogens with zero attached hydrogens (tertiary/aromatic N) is 1. The molecule has 0 aliphatic carbocycles. The molecule has 0 aliphatic heterocycles. The number of hydrogen-bond acceptors (Lipinski definition) is 7. The Labute approximate surface area is 114 Å². The van der Waals surface area contributed by atoms with Crippen LogP contribution in [-0.4, -0.2) is 36.7 Å². The maximum atomic E-state index is 11.3. The normalized spacial score (nSPS) is 9.85. The lowest BCUT2D eigenvalue weighted by atomic mass is 10.3. The number of nitro benzene ring substituents is 1. The number of carbonyl (C=O) groups excluding carboxylic acids is 2. The SMILES string of the molecule is CCOC(=O)COCC(=O)Oc1ccc([N+](=O)[O-])cc1. The van der Waals surface area contributed by atoms with Gasteiger partial charge >= 0.3 is 11.9 Å². The van der Waals surface area contributed by atoms with Crippen molar-refractivity contribution in [3.63, 3.8) is 0 Å². The first-order chi connectivity index (χ1) is 9.52. The highest BCUT2D eigenvalue weighted by Gasteiger charge is 2.09. The number of hydrogen-bond donors (Lipinski definition) is 0. The summed E-state index contributed by atoms with van der Waals surface area (Å²) in [5.74, 6) is -1.14. The molecule has 0 radical (unpaired) electrons. The monoisotopic (exact) mass is 283 g/mol. The molecule has 0 N–H and O–H groups in total. The number of esters is 2. The van der Waals surface area contributed by atoms with Gasteiger partial charge in [-0.3, -0.25) is 10.1 Å². The smallest absolute Gasteiger partial charge is 0.337 e. The predicted octanol–water partition coefficient (Wildman–Crippen LogP) is 1.08. The third kappa shape index (κ3) is 5.44. The molecule has 0 saturated carbocycles. The van der Waals surface area contributed by atoms with E-state index in [-0.39, 0.29) is 24.7 Å². The van der Waals surface area contributed by atoms with Gasteiger partial charge in [0.05, 0.1) is 11.5 Å². The Balaban J connectivity index is 2.35. The van der Waals surface area contributed by atoms with Gasteiger partial charge in [0.25, 0.3) is 5.69 Å². The average molecular weight is 283 g/mol. The van der Waals surface area contributed by atoms with E-state index in [0.717, 1.165) is 0 Å². The van der Waals surface area contributed by atoms with Crippen molar-refractivity contribution in [2.45, 2.75) is 6.92 Å². The Morgan fingerprint density at radius 3 is 2.30 bits per heavy atom. The van der Waals surface area contributed by atoms with Crippen molar-refractivity contribution in [2.75, 3.05) is 19.8 Å². The topological polar surface area (TPSA) is 105 Å². The maximum Gasteiger partial charge on any atom is 0.337 e. The van der Waals surface area contributed by atoms with Crippen molar-refractivity contribution in [2.24, 2.45) is 0 Å². The molecular formula is C12H13NO7. The summed E-state index contributed by atoms with van der Waals surface area (Å²) in [6.45, 7) is 1.12. The molecule has 8 heteroatoms. The second kappa shape index (κ2) is 7.85. The first-order valence-corrected chi connectivity index (χ1v) is 5.71. The van der Waals surface area contributed by atoms with Crippen LogP contribution in [0.2, 0.25) is 0 Å². The molecule has 20 heavy (non-hydrogen) atoms. The van der Waals surface area contributed by atoms with Crippen LogP contribution in [0.5, 0.6) is 5.75 Å². The Kier molecular flexibility index (Phi) is 6.11. The lowest BCUT2D eigenvalue weighted by molar-refractivity contribution is -0.384. The third-order valence-corrected chi connectivity index (χ3v) is 2.02. The molecule has 0 atom stereocenters. The van der Waals surface area contributed by atoms with E-state index >= 15 is 0 Å². The highest BCUT2D eigenvalue weighted by atomic mass is 16.6. The van der Waals surface area contributed by atoms with Crippen LogP contribution in [0.4, 0.5) is 5.69 Å². The van der Waals surface area contributed by atoms with E-state index in [1.165, 1.54) is 24.3 Å². The molecule has 0 fully saturated rings. The van der Waals surface area contributed by atoms with Gasteiger partial charge in [-0.05, 0) is 19.1 Å². The fourth-order valence-corrected chi connectivity index (χ4v) is 1.22. The second-order valence-electron chi connectivity index (χ2n) is 3.52. The van der Waals surface area contributed by atoms with Crippen LogP contribution in [0, 0.1) is 10.1 Å². The standard InChI is InChI=1S/C12H13NO7/c1-2-19-11(14)7-18-8-12(15)20-10-5-3-9(4-6-10)13(16)17/h3-6H,2,7-8H2,1H3. The van der Waals surface area contributed by atoms with Crippen LogP contribution in [0.15, 0.2) is 24.3 Å². The van der Waals surface area contributed by atoms with Crippen LogP contribution in [-0.2, 0) is 19.1 Å². The van der Waals surface area contributed by atoms with Crippen molar-refractivity contribution in [3.8, 4) is 5.75 Å². The van der Waals surface area contributed by atoms with Gasteiger partial charge in [-0.15, -0.1) is 0 Å². The quantitative estimate of drug-likeness (QED) is 0.319. The first-order valence-electron chi connectivity index (χ1n) is 5.71. The Bertz CT molecular complexity index is 483. The van der Waals surface area contributed by atoms with E-state index in [1.807, 2.05) is 0 Å². The van der Waals surface area contributed by atoms with Gasteiger partial charge in [0, 0.05) is 12.1 Å². The fourth-order valence-electron chi connectivity index (χ4n) is 1.22. The van der Waals surface area contributed by atoms with Gasteiger partial charge in [0.1, 0.15) is 19.0 Å². The van der Waals surface area contributed by atoms with Gasteiger partial charge in [0.15, 0.2) is 0 Å². The molecule has 0 unspecified atom stereocenters. The summed E-state index contributed by atoms with van der Waals surface area (Å²) < 4.78 is 14.2. The van der Waals surface area contributed by atoms with Gasteiger partial charge in [-0.25, -0.2) is 9.59 Å². The zero-order chi connectivity index (χ0) is 15.0. The summed E-state index contributed by atoms with van der Waals surface area (Å²) in [4.78, 5) is 32.1. The minimum atomic E-state index is -0.719. The van der Waals surface area contributed by atoms with E-state index in [1.54, 1.807) is 6.92 Å². The second-order valence-corrected chi connectivity index (χ2v) is 3.52. The number of ether oxygens (including phenoxy) is 3. The third-order valence-electron chi connectivity index (χ3n) is 2.02. The summed E-state index contributed by atoms with van der Waals surface area (Å²) in [6.07, 6.45) is 0. The van der Waals surface area contributed by atoms with Gasteiger partial charge in [0.2, 0.25) is 0 Å². The van der Waals surface area contributed by atoms with E-state index in [2.05, 4.69) is 4.74 Å². The summed E-state index contributed by atoms with van der Waals surface area (Å²) in [6, 6.07) is 5.01. The van der Waals surface area contributed by atoms with E-state index in [9.17, 15) is 19.7 Å². The molecule has 108 valence electrons. The lowest BCUT2D eigenvalue weighted by Crippen LogP contribution is -2.20. The molecule has 1 rings (SSSR count). The Morgan fingerprint density at radius 2 is 1.75 bits per heavy atom. The van der Waals surface area contributed by atoms with Crippen LogP contribution < -0.4 is 4.74 Å². The highest BCUT2D eigenvalue weighted by molar-refractivity contribution is 5.75.